The zero-order valence-electron chi connectivity index (χ0n) is 19.8. The van der Waals surface area contributed by atoms with E-state index in [9.17, 15) is 19.8 Å². The molecule has 3 unspecified atom stereocenters. The molecule has 0 radical (unpaired) electrons. The minimum Gasteiger partial charge on any atom is -0.481 e. The molecule has 0 saturated heterocycles. The first-order chi connectivity index (χ1) is 17.3. The number of carbonyl (C=O) groups excluding carboxylic acids is 1. The summed E-state index contributed by atoms with van der Waals surface area (Å²) in [5, 5.41) is 28.3. The molecule has 4 atom stereocenters. The number of aliphatic carboxylic acids is 1. The van der Waals surface area contributed by atoms with E-state index in [4.69, 9.17) is 16.3 Å². The van der Waals surface area contributed by atoms with Crippen molar-refractivity contribution in [2.75, 3.05) is 10.6 Å². The average Bonchev–Trinajstić information content (AvgIpc) is 3.32. The number of benzene rings is 2. The number of nitrogens with one attached hydrogen (secondary N) is 2. The van der Waals surface area contributed by atoms with Gasteiger partial charge in [-0.05, 0) is 60.5 Å². The zero-order chi connectivity index (χ0) is 25.7. The number of anilines is 2. The van der Waals surface area contributed by atoms with E-state index in [1.807, 2.05) is 48.7 Å². The molecule has 0 spiro atoms. The SMILES string of the molecule is C[C@@H](OC(O)Nc1ccsc1-c1ccc(NC(=O)C2CCCCC2C(=O)O)cc1)c1ccccc1Cl. The summed E-state index contributed by atoms with van der Waals surface area (Å²) in [5.74, 6) is -2.30. The maximum absolute atomic E-state index is 12.8. The number of halogens is 1. The Kier molecular flexibility index (Phi) is 8.64. The van der Waals surface area contributed by atoms with Gasteiger partial charge in [0.15, 0.2) is 0 Å². The highest BCUT2D eigenvalue weighted by Gasteiger charge is 2.35. The van der Waals surface area contributed by atoms with Crippen molar-refractivity contribution in [3.05, 3.63) is 70.6 Å². The van der Waals surface area contributed by atoms with Crippen LogP contribution in [0.4, 0.5) is 11.4 Å². The van der Waals surface area contributed by atoms with Gasteiger partial charge in [0.1, 0.15) is 0 Å². The Morgan fingerprint density at radius 3 is 2.44 bits per heavy atom. The van der Waals surface area contributed by atoms with Crippen LogP contribution >= 0.6 is 22.9 Å². The zero-order valence-corrected chi connectivity index (χ0v) is 21.4. The number of carboxylic acid groups (broad SMARTS) is 1. The topological polar surface area (TPSA) is 108 Å². The maximum Gasteiger partial charge on any atom is 0.307 e. The number of thiophene rings is 1. The van der Waals surface area contributed by atoms with E-state index in [1.165, 1.54) is 11.3 Å². The Labute approximate surface area is 219 Å². The van der Waals surface area contributed by atoms with E-state index in [0.29, 0.717) is 29.2 Å². The molecule has 4 rings (SSSR count). The second-order valence-corrected chi connectivity index (χ2v) is 10.2. The molecule has 3 aromatic rings. The number of carbonyl (C=O) groups is 2. The highest BCUT2D eigenvalue weighted by Crippen LogP contribution is 2.36. The Balaban J connectivity index is 1.39. The third-order valence-corrected chi connectivity index (χ3v) is 7.76. The predicted molar refractivity (Wildman–Crippen MR) is 142 cm³/mol. The highest BCUT2D eigenvalue weighted by molar-refractivity contribution is 7.14. The molecule has 1 saturated carbocycles. The Bertz CT molecular complexity index is 1200. The first-order valence-corrected chi connectivity index (χ1v) is 13.2. The number of hydrogen-bond donors (Lipinski definition) is 4. The molecule has 9 heteroatoms. The van der Waals surface area contributed by atoms with E-state index in [2.05, 4.69) is 10.6 Å². The summed E-state index contributed by atoms with van der Waals surface area (Å²) < 4.78 is 5.70. The van der Waals surface area contributed by atoms with Gasteiger partial charge in [-0.3, -0.25) is 9.59 Å². The smallest absolute Gasteiger partial charge is 0.307 e. The first kappa shape index (κ1) is 26.2. The van der Waals surface area contributed by atoms with E-state index >= 15 is 0 Å². The normalized spacial score (nSPS) is 19.3. The fraction of sp³-hybridized carbons (Fsp3) is 0.333. The monoisotopic (exact) mass is 528 g/mol. The third-order valence-electron chi connectivity index (χ3n) is 6.45. The fourth-order valence-corrected chi connectivity index (χ4v) is 5.72. The van der Waals surface area contributed by atoms with Crippen LogP contribution in [0.5, 0.6) is 0 Å². The van der Waals surface area contributed by atoms with Crippen LogP contribution in [-0.4, -0.2) is 28.5 Å². The van der Waals surface area contributed by atoms with Crippen LogP contribution in [0.1, 0.15) is 44.3 Å². The average molecular weight is 529 g/mol. The van der Waals surface area contributed by atoms with Crippen molar-refractivity contribution >= 4 is 46.2 Å². The number of hydrogen-bond acceptors (Lipinski definition) is 6. The molecule has 0 bridgehead atoms. The first-order valence-electron chi connectivity index (χ1n) is 11.9. The van der Waals surface area contributed by atoms with Gasteiger partial charge in [0, 0.05) is 10.7 Å². The van der Waals surface area contributed by atoms with Gasteiger partial charge in [-0.15, -0.1) is 11.3 Å². The van der Waals surface area contributed by atoms with Crippen molar-refractivity contribution in [3.63, 3.8) is 0 Å². The lowest BCUT2D eigenvalue weighted by Gasteiger charge is -2.27. The van der Waals surface area contributed by atoms with Crippen LogP contribution < -0.4 is 10.6 Å². The molecular weight excluding hydrogens is 500 g/mol. The van der Waals surface area contributed by atoms with Crippen molar-refractivity contribution in [2.45, 2.75) is 45.1 Å². The lowest BCUT2D eigenvalue weighted by atomic mass is 9.78. The van der Waals surface area contributed by atoms with Gasteiger partial charge >= 0.3 is 5.97 Å². The van der Waals surface area contributed by atoms with Gasteiger partial charge in [-0.1, -0.05) is 54.8 Å². The molecule has 2 aromatic carbocycles. The van der Waals surface area contributed by atoms with E-state index in [1.54, 1.807) is 18.2 Å². The van der Waals surface area contributed by atoms with Crippen LogP contribution in [0.3, 0.4) is 0 Å². The number of aliphatic hydroxyl groups excluding tert-OH is 1. The second kappa shape index (κ2) is 11.9. The summed E-state index contributed by atoms with van der Waals surface area (Å²) >= 11 is 7.73. The van der Waals surface area contributed by atoms with Crippen molar-refractivity contribution in [1.29, 1.82) is 0 Å². The number of aliphatic hydroxyl groups is 1. The summed E-state index contributed by atoms with van der Waals surface area (Å²) in [6, 6.07) is 16.5. The minimum atomic E-state index is -1.25. The maximum atomic E-state index is 12.8. The summed E-state index contributed by atoms with van der Waals surface area (Å²) in [5.41, 5.74) is 3.01. The molecule has 36 heavy (non-hydrogen) atoms. The van der Waals surface area contributed by atoms with Gasteiger partial charge < -0.3 is 25.6 Å². The molecule has 7 nitrogen and oxygen atoms in total. The molecule has 190 valence electrons. The molecule has 1 aliphatic carbocycles. The lowest BCUT2D eigenvalue weighted by molar-refractivity contribution is -0.147. The quantitative estimate of drug-likeness (QED) is 0.240. The molecule has 1 aliphatic rings. The summed E-state index contributed by atoms with van der Waals surface area (Å²) in [7, 11) is 0. The van der Waals surface area contributed by atoms with Crippen LogP contribution in [0.2, 0.25) is 5.02 Å². The lowest BCUT2D eigenvalue weighted by Crippen LogP contribution is -2.36. The van der Waals surface area contributed by atoms with Crippen LogP contribution in [-0.2, 0) is 14.3 Å². The Morgan fingerprint density at radius 2 is 1.75 bits per heavy atom. The molecule has 1 fully saturated rings. The van der Waals surface area contributed by atoms with Crippen molar-refractivity contribution in [1.82, 2.24) is 0 Å². The minimum absolute atomic E-state index is 0.249. The van der Waals surface area contributed by atoms with E-state index in [-0.39, 0.29) is 5.91 Å². The van der Waals surface area contributed by atoms with E-state index < -0.39 is 30.3 Å². The van der Waals surface area contributed by atoms with Gasteiger partial charge in [0.25, 0.3) is 0 Å². The van der Waals surface area contributed by atoms with Crippen molar-refractivity contribution < 1.29 is 24.5 Å². The van der Waals surface area contributed by atoms with Gasteiger partial charge in [-0.2, -0.15) is 0 Å². The number of amides is 1. The third kappa shape index (κ3) is 6.25. The second-order valence-electron chi connectivity index (χ2n) is 8.86. The molecule has 1 heterocycles. The highest BCUT2D eigenvalue weighted by atomic mass is 35.5. The van der Waals surface area contributed by atoms with Crippen molar-refractivity contribution in [3.8, 4) is 10.4 Å². The van der Waals surface area contributed by atoms with Gasteiger partial charge in [-0.25, -0.2) is 0 Å². The van der Waals surface area contributed by atoms with Gasteiger partial charge in [0.2, 0.25) is 12.3 Å². The van der Waals surface area contributed by atoms with Crippen LogP contribution in [0.25, 0.3) is 10.4 Å². The van der Waals surface area contributed by atoms with Crippen LogP contribution in [0.15, 0.2) is 60.0 Å². The van der Waals surface area contributed by atoms with E-state index in [0.717, 1.165) is 28.8 Å². The molecule has 0 aliphatic heterocycles. The number of rotatable bonds is 9. The Morgan fingerprint density at radius 1 is 1.06 bits per heavy atom. The Hall–Kier alpha value is -2.91. The van der Waals surface area contributed by atoms with Gasteiger partial charge in [0.05, 0.1) is 28.5 Å². The van der Waals surface area contributed by atoms with Crippen molar-refractivity contribution in [2.24, 2.45) is 11.8 Å². The number of ether oxygens (including phenoxy) is 1. The molecule has 4 N–H and O–H groups in total. The fourth-order valence-electron chi connectivity index (χ4n) is 4.57. The molecule has 1 aromatic heterocycles. The van der Waals surface area contributed by atoms with Crippen LogP contribution in [0, 0.1) is 11.8 Å². The standard InChI is InChI=1S/C27H29ClN2O5S/c1-16(19-6-4-5-9-22(19)28)35-27(34)30-23-14-15-36-24(23)17-10-12-18(13-11-17)29-25(31)20-7-2-3-8-21(20)26(32)33/h4-6,9-16,20-21,27,30,34H,2-3,7-8H2,1H3,(H,29,31)(H,32,33)/t16-,20?,21?,27?/m1/s1. The summed E-state index contributed by atoms with van der Waals surface area (Å²) in [6.07, 6.45) is 1.15. The molecule has 1 amide bonds. The predicted octanol–water partition coefficient (Wildman–Crippen LogP) is 6.36. The summed E-state index contributed by atoms with van der Waals surface area (Å²) in [6.45, 7) is 1.82. The summed E-state index contributed by atoms with van der Waals surface area (Å²) in [4.78, 5) is 25.2. The molecular formula is C27H29ClN2O5S. The largest absolute Gasteiger partial charge is 0.481 e. The number of carboxylic acids is 1.